The van der Waals surface area contributed by atoms with Gasteiger partial charge in [-0.1, -0.05) is 6.92 Å². The molecule has 7 nitrogen and oxygen atoms in total. The first-order chi connectivity index (χ1) is 12.1. The van der Waals surface area contributed by atoms with E-state index < -0.39 is 11.9 Å². The van der Waals surface area contributed by atoms with Crippen molar-refractivity contribution in [3.63, 3.8) is 0 Å². The fourth-order valence-corrected chi connectivity index (χ4v) is 4.29. The molecule has 1 N–H and O–H groups in total. The Bertz CT molecular complexity index is 697. The Labute approximate surface area is 150 Å². The van der Waals surface area contributed by atoms with Gasteiger partial charge in [-0.25, -0.2) is 4.79 Å². The van der Waals surface area contributed by atoms with Crippen LogP contribution in [0.1, 0.15) is 34.1 Å². The van der Waals surface area contributed by atoms with E-state index >= 15 is 0 Å². The summed E-state index contributed by atoms with van der Waals surface area (Å²) in [4.78, 5) is 28.1. The van der Waals surface area contributed by atoms with Crippen molar-refractivity contribution in [2.24, 2.45) is 0 Å². The Balaban J connectivity index is 1.86. The van der Waals surface area contributed by atoms with E-state index in [2.05, 4.69) is 17.1 Å². The van der Waals surface area contributed by atoms with E-state index in [1.165, 1.54) is 24.7 Å². The third-order valence-corrected chi connectivity index (χ3v) is 5.30. The number of fused-ring (bicyclic) bond motifs is 1. The molecule has 25 heavy (non-hydrogen) atoms. The second-order valence-corrected chi connectivity index (χ2v) is 6.99. The van der Waals surface area contributed by atoms with Crippen molar-refractivity contribution in [2.75, 3.05) is 38.7 Å². The Morgan fingerprint density at radius 3 is 2.92 bits per heavy atom. The lowest BCUT2D eigenvalue weighted by Gasteiger charge is -2.26. The van der Waals surface area contributed by atoms with Crippen LogP contribution in [-0.4, -0.2) is 50.2 Å². The molecule has 0 bridgehead atoms. The minimum absolute atomic E-state index is 0.112. The fourth-order valence-electron chi connectivity index (χ4n) is 3.02. The van der Waals surface area contributed by atoms with Crippen LogP contribution >= 0.6 is 11.3 Å². The van der Waals surface area contributed by atoms with E-state index in [1.54, 1.807) is 0 Å². The second-order valence-electron chi connectivity index (χ2n) is 5.88. The smallest absolute Gasteiger partial charge is 0.341 e. The van der Waals surface area contributed by atoms with E-state index in [0.29, 0.717) is 23.8 Å². The van der Waals surface area contributed by atoms with E-state index in [-0.39, 0.29) is 5.76 Å². The molecule has 1 aromatic heterocycles. The number of esters is 1. The van der Waals surface area contributed by atoms with Gasteiger partial charge in [0.25, 0.3) is 5.91 Å². The average molecular weight is 366 g/mol. The van der Waals surface area contributed by atoms with Crippen molar-refractivity contribution >= 4 is 28.2 Å². The number of nitrogens with zero attached hydrogens (tertiary/aromatic N) is 1. The zero-order valence-corrected chi connectivity index (χ0v) is 15.2. The number of ether oxygens (including phenoxy) is 3. The van der Waals surface area contributed by atoms with Gasteiger partial charge in [-0.3, -0.25) is 9.69 Å². The molecule has 3 rings (SSSR count). The predicted octanol–water partition coefficient (Wildman–Crippen LogP) is 2.13. The molecule has 0 aromatic carbocycles. The van der Waals surface area contributed by atoms with Crippen LogP contribution < -0.4 is 5.32 Å². The Hall–Kier alpha value is -2.06. The normalized spacial score (nSPS) is 17.0. The van der Waals surface area contributed by atoms with Gasteiger partial charge in [0.15, 0.2) is 0 Å². The largest absolute Gasteiger partial charge is 0.494 e. The van der Waals surface area contributed by atoms with Gasteiger partial charge in [0.05, 0.1) is 12.7 Å². The number of carbonyl (C=O) groups excluding carboxylic acids is 2. The quantitative estimate of drug-likeness (QED) is 0.805. The molecule has 1 aromatic rings. The number of anilines is 1. The summed E-state index contributed by atoms with van der Waals surface area (Å²) in [6.45, 7) is 5.61. The van der Waals surface area contributed by atoms with Crippen molar-refractivity contribution in [2.45, 2.75) is 26.3 Å². The van der Waals surface area contributed by atoms with Crippen molar-refractivity contribution in [1.82, 2.24) is 4.90 Å². The Kier molecular flexibility index (Phi) is 5.60. The summed E-state index contributed by atoms with van der Waals surface area (Å²) in [5.74, 6) is -0.735. The summed E-state index contributed by atoms with van der Waals surface area (Å²) in [5, 5.41) is 3.30. The van der Waals surface area contributed by atoms with Crippen LogP contribution in [0.2, 0.25) is 0 Å². The number of rotatable bonds is 5. The molecule has 0 atom stereocenters. The third-order valence-electron chi connectivity index (χ3n) is 4.17. The molecule has 0 spiro atoms. The molecule has 2 aliphatic rings. The molecular weight excluding hydrogens is 344 g/mol. The van der Waals surface area contributed by atoms with E-state index in [4.69, 9.17) is 14.2 Å². The molecule has 0 saturated heterocycles. The lowest BCUT2D eigenvalue weighted by molar-refractivity contribution is -0.117. The second kappa shape index (κ2) is 7.88. The Morgan fingerprint density at radius 2 is 2.24 bits per heavy atom. The predicted molar refractivity (Wildman–Crippen MR) is 93.5 cm³/mol. The third kappa shape index (κ3) is 3.80. The van der Waals surface area contributed by atoms with Crippen molar-refractivity contribution < 1.29 is 23.8 Å². The summed E-state index contributed by atoms with van der Waals surface area (Å²) < 4.78 is 15.3. The van der Waals surface area contributed by atoms with Crippen molar-refractivity contribution in [3.05, 3.63) is 28.0 Å². The van der Waals surface area contributed by atoms with Gasteiger partial charge in [-0.15, -0.1) is 11.3 Å². The van der Waals surface area contributed by atoms with Gasteiger partial charge in [0, 0.05) is 18.0 Å². The average Bonchev–Trinajstić information content (AvgIpc) is 2.99. The van der Waals surface area contributed by atoms with E-state index in [0.717, 1.165) is 42.9 Å². The first-order valence-corrected chi connectivity index (χ1v) is 9.16. The topological polar surface area (TPSA) is 77.1 Å². The molecule has 8 heteroatoms. The standard InChI is InChI=1S/C17H22N2O5S/c1-3-5-19-6-4-11-13(9-19)25-16(14(11)17(21)22-2)18-15(20)12-10-23-7-8-24-12/h10H,3-9H2,1-2H3,(H,18,20). The van der Waals surface area contributed by atoms with Crippen molar-refractivity contribution in [1.29, 1.82) is 0 Å². The summed E-state index contributed by atoms with van der Waals surface area (Å²) in [6, 6.07) is 0. The summed E-state index contributed by atoms with van der Waals surface area (Å²) in [5.41, 5.74) is 1.44. The maximum absolute atomic E-state index is 12.4. The number of amides is 1. The van der Waals surface area contributed by atoms with Crippen molar-refractivity contribution in [3.8, 4) is 0 Å². The van der Waals surface area contributed by atoms with E-state index in [9.17, 15) is 9.59 Å². The monoisotopic (exact) mass is 366 g/mol. The molecule has 0 unspecified atom stereocenters. The fraction of sp³-hybridized carbons (Fsp3) is 0.529. The Morgan fingerprint density at radius 1 is 1.40 bits per heavy atom. The minimum atomic E-state index is -0.425. The maximum Gasteiger partial charge on any atom is 0.341 e. The van der Waals surface area contributed by atoms with Gasteiger partial charge in [0.2, 0.25) is 5.76 Å². The number of methoxy groups -OCH3 is 1. The van der Waals surface area contributed by atoms with Crippen LogP contribution in [0.15, 0.2) is 12.0 Å². The molecular formula is C17H22N2O5S. The first-order valence-electron chi connectivity index (χ1n) is 8.35. The van der Waals surface area contributed by atoms with E-state index in [1.807, 2.05) is 0 Å². The molecule has 2 aliphatic heterocycles. The SMILES string of the molecule is CCCN1CCc2c(sc(NC(=O)C3=COCCO3)c2C(=O)OC)C1. The molecule has 0 radical (unpaired) electrons. The van der Waals surface area contributed by atoms with Crippen LogP contribution in [0.3, 0.4) is 0 Å². The van der Waals surface area contributed by atoms with Gasteiger partial charge in [0.1, 0.15) is 24.5 Å². The molecule has 0 fully saturated rings. The maximum atomic E-state index is 12.4. The highest BCUT2D eigenvalue weighted by Gasteiger charge is 2.30. The lowest BCUT2D eigenvalue weighted by Crippen LogP contribution is -2.30. The summed E-state index contributed by atoms with van der Waals surface area (Å²) in [7, 11) is 1.35. The number of hydrogen-bond donors (Lipinski definition) is 1. The molecule has 3 heterocycles. The van der Waals surface area contributed by atoms with Crippen LogP contribution in [0.25, 0.3) is 0 Å². The van der Waals surface area contributed by atoms with Gasteiger partial charge < -0.3 is 19.5 Å². The molecule has 0 saturated carbocycles. The zero-order chi connectivity index (χ0) is 17.8. The summed E-state index contributed by atoms with van der Waals surface area (Å²) >= 11 is 1.43. The van der Waals surface area contributed by atoms with Crippen LogP contribution in [0.5, 0.6) is 0 Å². The zero-order valence-electron chi connectivity index (χ0n) is 14.4. The molecule has 1 amide bonds. The first kappa shape index (κ1) is 17.8. The van der Waals surface area contributed by atoms with Gasteiger partial charge in [-0.05, 0) is 24.9 Å². The van der Waals surface area contributed by atoms with Crippen LogP contribution in [-0.2, 0) is 32.0 Å². The number of thiophene rings is 1. The highest BCUT2D eigenvalue weighted by Crippen LogP contribution is 2.37. The van der Waals surface area contributed by atoms with Gasteiger partial charge in [-0.2, -0.15) is 0 Å². The van der Waals surface area contributed by atoms with Gasteiger partial charge >= 0.3 is 5.97 Å². The van der Waals surface area contributed by atoms with Crippen LogP contribution in [0.4, 0.5) is 5.00 Å². The minimum Gasteiger partial charge on any atom is -0.494 e. The number of nitrogens with one attached hydrogen (secondary N) is 1. The molecule has 136 valence electrons. The highest BCUT2D eigenvalue weighted by molar-refractivity contribution is 7.17. The molecule has 0 aliphatic carbocycles. The number of carbonyl (C=O) groups is 2. The highest BCUT2D eigenvalue weighted by atomic mass is 32.1. The lowest BCUT2D eigenvalue weighted by atomic mass is 10.0. The number of hydrogen-bond acceptors (Lipinski definition) is 7. The summed E-state index contributed by atoms with van der Waals surface area (Å²) in [6.07, 6.45) is 3.15. The van der Waals surface area contributed by atoms with Crippen LogP contribution in [0, 0.1) is 0 Å².